The van der Waals surface area contributed by atoms with Crippen LogP contribution in [0.2, 0.25) is 0 Å². The van der Waals surface area contributed by atoms with Crippen molar-refractivity contribution >= 4 is 0 Å². The third-order valence-corrected chi connectivity index (χ3v) is 3.49. The molecule has 0 aliphatic rings. The molecule has 2 nitrogen and oxygen atoms in total. The summed E-state index contributed by atoms with van der Waals surface area (Å²) >= 11 is 0. The summed E-state index contributed by atoms with van der Waals surface area (Å²) in [5.74, 6) is 0. The topological polar surface area (TPSA) is 6.48 Å². The van der Waals surface area contributed by atoms with Gasteiger partial charge in [-0.15, -0.1) is 0 Å². The lowest BCUT2D eigenvalue weighted by Gasteiger charge is -2.34. The molecule has 0 aromatic carbocycles. The Labute approximate surface area is 109 Å². The molecule has 0 amide bonds. The molecule has 0 radical (unpaired) electrons. The molecule has 0 aromatic rings. The van der Waals surface area contributed by atoms with Gasteiger partial charge in [-0.3, -0.25) is 9.80 Å². The zero-order chi connectivity index (χ0) is 13.6. The first-order valence-electron chi connectivity index (χ1n) is 7.28. The molecule has 0 heterocycles. The monoisotopic (exact) mass is 242 g/mol. The quantitative estimate of drug-likeness (QED) is 0.641. The Morgan fingerprint density at radius 2 is 0.765 bits per heavy atom. The van der Waals surface area contributed by atoms with Crippen molar-refractivity contribution in [3.8, 4) is 0 Å². The van der Waals surface area contributed by atoms with Gasteiger partial charge in [-0.1, -0.05) is 0 Å². The summed E-state index contributed by atoms with van der Waals surface area (Å²) in [4.78, 5) is 5.16. The van der Waals surface area contributed by atoms with Crippen molar-refractivity contribution in [1.82, 2.24) is 9.80 Å². The molecule has 0 atom stereocenters. The minimum absolute atomic E-state index is 0.654. The fourth-order valence-corrected chi connectivity index (χ4v) is 2.66. The standard InChI is InChI=1S/C15H34N2/c1-12(2)16(13(3)4)10-9-11-17(14(5)6)15(7)8/h12-15H,9-11H2,1-8H3. The first kappa shape index (κ1) is 16.9. The van der Waals surface area contributed by atoms with E-state index in [1.54, 1.807) is 0 Å². The van der Waals surface area contributed by atoms with E-state index in [9.17, 15) is 0 Å². The lowest BCUT2D eigenvalue weighted by Crippen LogP contribution is -2.41. The zero-order valence-corrected chi connectivity index (χ0v) is 13.3. The van der Waals surface area contributed by atoms with Crippen LogP contribution in [-0.2, 0) is 0 Å². The van der Waals surface area contributed by atoms with Gasteiger partial charge in [0.05, 0.1) is 0 Å². The predicted molar refractivity (Wildman–Crippen MR) is 78.6 cm³/mol. The third kappa shape index (κ3) is 6.42. The Morgan fingerprint density at radius 3 is 0.941 bits per heavy atom. The van der Waals surface area contributed by atoms with E-state index in [4.69, 9.17) is 0 Å². The Balaban J connectivity index is 4.10. The molecule has 17 heavy (non-hydrogen) atoms. The fraction of sp³-hybridized carbons (Fsp3) is 1.00. The third-order valence-electron chi connectivity index (χ3n) is 3.49. The minimum Gasteiger partial charge on any atom is -0.298 e. The van der Waals surface area contributed by atoms with Crippen LogP contribution in [-0.4, -0.2) is 47.1 Å². The molecule has 0 bridgehead atoms. The van der Waals surface area contributed by atoms with Crippen molar-refractivity contribution < 1.29 is 0 Å². The second-order valence-corrected chi connectivity index (χ2v) is 6.20. The maximum Gasteiger partial charge on any atom is 0.00413 e. The lowest BCUT2D eigenvalue weighted by molar-refractivity contribution is 0.136. The molecule has 104 valence electrons. The second kappa shape index (κ2) is 8.10. The summed E-state index contributed by atoms with van der Waals surface area (Å²) in [6.07, 6.45) is 1.27. The largest absolute Gasteiger partial charge is 0.298 e. The van der Waals surface area contributed by atoms with E-state index in [2.05, 4.69) is 65.2 Å². The smallest absolute Gasteiger partial charge is 0.00413 e. The molecule has 0 N–H and O–H groups in total. The van der Waals surface area contributed by atoms with E-state index in [0.29, 0.717) is 24.2 Å². The molecule has 0 spiro atoms. The van der Waals surface area contributed by atoms with Crippen LogP contribution in [0.1, 0.15) is 61.8 Å². The number of hydrogen-bond acceptors (Lipinski definition) is 2. The zero-order valence-electron chi connectivity index (χ0n) is 13.3. The summed E-state index contributed by atoms with van der Waals surface area (Å²) in [6.45, 7) is 20.8. The molecule has 0 aliphatic heterocycles. The van der Waals surface area contributed by atoms with E-state index < -0.39 is 0 Å². The first-order chi connectivity index (χ1) is 7.77. The van der Waals surface area contributed by atoms with Crippen LogP contribution in [0.5, 0.6) is 0 Å². The SMILES string of the molecule is CC(C)N(CCCN(C(C)C)C(C)C)C(C)C. The lowest BCUT2D eigenvalue weighted by atomic mass is 10.2. The van der Waals surface area contributed by atoms with Crippen LogP contribution in [0.4, 0.5) is 0 Å². The number of nitrogens with zero attached hydrogens (tertiary/aromatic N) is 2. The Kier molecular flexibility index (Phi) is 8.06. The van der Waals surface area contributed by atoms with Crippen LogP contribution in [0.3, 0.4) is 0 Å². The minimum atomic E-state index is 0.654. The number of rotatable bonds is 8. The molecule has 2 heteroatoms. The first-order valence-corrected chi connectivity index (χ1v) is 7.28. The summed E-state index contributed by atoms with van der Waals surface area (Å²) in [6, 6.07) is 2.62. The highest BCUT2D eigenvalue weighted by atomic mass is 15.2. The average molecular weight is 242 g/mol. The molecule has 0 saturated heterocycles. The number of hydrogen-bond donors (Lipinski definition) is 0. The van der Waals surface area contributed by atoms with Crippen molar-refractivity contribution in [1.29, 1.82) is 0 Å². The van der Waals surface area contributed by atoms with Crippen LogP contribution in [0.15, 0.2) is 0 Å². The molecular formula is C15H34N2. The Bertz CT molecular complexity index is 149. The van der Waals surface area contributed by atoms with Crippen LogP contribution >= 0.6 is 0 Å². The molecule has 0 aromatic heterocycles. The van der Waals surface area contributed by atoms with Gasteiger partial charge in [-0.2, -0.15) is 0 Å². The van der Waals surface area contributed by atoms with Gasteiger partial charge < -0.3 is 0 Å². The summed E-state index contributed by atoms with van der Waals surface area (Å²) < 4.78 is 0. The van der Waals surface area contributed by atoms with Gasteiger partial charge in [0.15, 0.2) is 0 Å². The molecule has 0 saturated carbocycles. The second-order valence-electron chi connectivity index (χ2n) is 6.20. The fourth-order valence-electron chi connectivity index (χ4n) is 2.66. The summed E-state index contributed by atoms with van der Waals surface area (Å²) in [5.41, 5.74) is 0. The van der Waals surface area contributed by atoms with Crippen molar-refractivity contribution in [3.63, 3.8) is 0 Å². The van der Waals surface area contributed by atoms with Crippen molar-refractivity contribution in [2.75, 3.05) is 13.1 Å². The molecular weight excluding hydrogens is 208 g/mol. The van der Waals surface area contributed by atoms with E-state index in [0.717, 1.165) is 0 Å². The van der Waals surface area contributed by atoms with Gasteiger partial charge in [0.1, 0.15) is 0 Å². The highest BCUT2D eigenvalue weighted by molar-refractivity contribution is 4.71. The Morgan fingerprint density at radius 1 is 0.529 bits per heavy atom. The van der Waals surface area contributed by atoms with E-state index >= 15 is 0 Å². The van der Waals surface area contributed by atoms with Gasteiger partial charge in [-0.05, 0) is 74.9 Å². The predicted octanol–water partition coefficient (Wildman–Crippen LogP) is 3.61. The molecule has 0 rings (SSSR count). The summed E-state index contributed by atoms with van der Waals surface area (Å²) in [5, 5.41) is 0. The van der Waals surface area contributed by atoms with Gasteiger partial charge in [0.2, 0.25) is 0 Å². The van der Waals surface area contributed by atoms with Gasteiger partial charge in [-0.25, -0.2) is 0 Å². The highest BCUT2D eigenvalue weighted by Crippen LogP contribution is 2.09. The van der Waals surface area contributed by atoms with Crippen LogP contribution in [0.25, 0.3) is 0 Å². The van der Waals surface area contributed by atoms with E-state index in [-0.39, 0.29) is 0 Å². The van der Waals surface area contributed by atoms with Crippen molar-refractivity contribution in [3.05, 3.63) is 0 Å². The van der Waals surface area contributed by atoms with Gasteiger partial charge >= 0.3 is 0 Å². The van der Waals surface area contributed by atoms with Crippen LogP contribution < -0.4 is 0 Å². The van der Waals surface area contributed by atoms with E-state index in [1.165, 1.54) is 19.5 Å². The average Bonchev–Trinajstić information content (AvgIpc) is 2.14. The van der Waals surface area contributed by atoms with Crippen molar-refractivity contribution in [2.24, 2.45) is 0 Å². The normalized spacial score (nSPS) is 13.1. The maximum absolute atomic E-state index is 2.58. The summed E-state index contributed by atoms with van der Waals surface area (Å²) in [7, 11) is 0. The Hall–Kier alpha value is -0.0800. The van der Waals surface area contributed by atoms with Gasteiger partial charge in [0.25, 0.3) is 0 Å². The van der Waals surface area contributed by atoms with Crippen LogP contribution in [0, 0.1) is 0 Å². The maximum atomic E-state index is 2.58. The highest BCUT2D eigenvalue weighted by Gasteiger charge is 2.16. The molecule has 0 unspecified atom stereocenters. The van der Waals surface area contributed by atoms with Crippen molar-refractivity contribution in [2.45, 2.75) is 86.0 Å². The van der Waals surface area contributed by atoms with E-state index in [1.807, 2.05) is 0 Å². The van der Waals surface area contributed by atoms with Gasteiger partial charge in [0, 0.05) is 24.2 Å². The molecule has 0 aliphatic carbocycles. The molecule has 0 fully saturated rings.